The van der Waals surface area contributed by atoms with E-state index in [2.05, 4.69) is 4.90 Å². The van der Waals surface area contributed by atoms with Crippen LogP contribution < -0.4 is 5.73 Å². The van der Waals surface area contributed by atoms with Gasteiger partial charge in [-0.2, -0.15) is 0 Å². The Labute approximate surface area is 111 Å². The van der Waals surface area contributed by atoms with Crippen LogP contribution >= 0.6 is 24.8 Å². The lowest BCUT2D eigenvalue weighted by molar-refractivity contribution is 0.0274. The standard InChI is InChI=1S/C11H22N2O.2ClH/c12-11-3-1-10(2-4-11)9-13-5-7-14-8-6-13;;/h10-11H,1-9,12H2;2*1H. The van der Waals surface area contributed by atoms with Crippen molar-refractivity contribution in [3.8, 4) is 0 Å². The largest absolute Gasteiger partial charge is 0.379 e. The molecule has 3 nitrogen and oxygen atoms in total. The Morgan fingerprint density at radius 1 is 1.00 bits per heavy atom. The lowest BCUT2D eigenvalue weighted by Gasteiger charge is -2.33. The van der Waals surface area contributed by atoms with Crippen molar-refractivity contribution in [1.82, 2.24) is 4.90 Å². The molecule has 16 heavy (non-hydrogen) atoms. The van der Waals surface area contributed by atoms with E-state index in [1.165, 1.54) is 32.2 Å². The zero-order chi connectivity index (χ0) is 9.80. The van der Waals surface area contributed by atoms with Crippen LogP contribution in [0.1, 0.15) is 25.7 Å². The summed E-state index contributed by atoms with van der Waals surface area (Å²) in [5.74, 6) is 0.896. The van der Waals surface area contributed by atoms with Crippen molar-refractivity contribution in [3.63, 3.8) is 0 Å². The molecule has 1 aliphatic heterocycles. The number of hydrogen-bond donors (Lipinski definition) is 1. The third kappa shape index (κ3) is 5.19. The fourth-order valence-corrected chi connectivity index (χ4v) is 2.52. The predicted molar refractivity (Wildman–Crippen MR) is 71.7 cm³/mol. The summed E-state index contributed by atoms with van der Waals surface area (Å²) in [6.07, 6.45) is 5.13. The first-order chi connectivity index (χ1) is 6.84. The number of rotatable bonds is 2. The van der Waals surface area contributed by atoms with Crippen LogP contribution in [0.4, 0.5) is 0 Å². The van der Waals surface area contributed by atoms with E-state index in [-0.39, 0.29) is 24.8 Å². The van der Waals surface area contributed by atoms with Gasteiger partial charge >= 0.3 is 0 Å². The van der Waals surface area contributed by atoms with Crippen molar-refractivity contribution in [3.05, 3.63) is 0 Å². The molecule has 1 saturated heterocycles. The Morgan fingerprint density at radius 3 is 2.12 bits per heavy atom. The summed E-state index contributed by atoms with van der Waals surface area (Å²) in [7, 11) is 0. The van der Waals surface area contributed by atoms with Gasteiger partial charge in [-0.1, -0.05) is 0 Å². The normalized spacial score (nSPS) is 31.3. The van der Waals surface area contributed by atoms with Gasteiger partial charge in [-0.15, -0.1) is 24.8 Å². The summed E-state index contributed by atoms with van der Waals surface area (Å²) < 4.78 is 5.34. The molecule has 1 heterocycles. The molecule has 0 radical (unpaired) electrons. The number of morpholine rings is 1. The second-order valence-electron chi connectivity index (χ2n) is 4.69. The topological polar surface area (TPSA) is 38.5 Å². The van der Waals surface area contributed by atoms with Gasteiger partial charge in [-0.3, -0.25) is 4.90 Å². The third-order valence-corrected chi connectivity index (χ3v) is 3.51. The van der Waals surface area contributed by atoms with Crippen molar-refractivity contribution in [2.24, 2.45) is 11.7 Å². The van der Waals surface area contributed by atoms with Gasteiger partial charge in [0, 0.05) is 25.7 Å². The lowest BCUT2D eigenvalue weighted by Crippen LogP contribution is -2.40. The third-order valence-electron chi connectivity index (χ3n) is 3.51. The van der Waals surface area contributed by atoms with Gasteiger partial charge in [0.25, 0.3) is 0 Å². The van der Waals surface area contributed by atoms with Crippen LogP contribution in [0.2, 0.25) is 0 Å². The van der Waals surface area contributed by atoms with Gasteiger partial charge in [-0.05, 0) is 31.6 Å². The summed E-state index contributed by atoms with van der Waals surface area (Å²) in [5, 5.41) is 0. The molecular weight excluding hydrogens is 247 g/mol. The Balaban J connectivity index is 0.00000112. The van der Waals surface area contributed by atoms with Crippen molar-refractivity contribution in [2.45, 2.75) is 31.7 Å². The number of ether oxygens (including phenoxy) is 1. The van der Waals surface area contributed by atoms with Crippen LogP contribution in [0.3, 0.4) is 0 Å². The summed E-state index contributed by atoms with van der Waals surface area (Å²) >= 11 is 0. The van der Waals surface area contributed by atoms with Crippen LogP contribution in [0.5, 0.6) is 0 Å². The van der Waals surface area contributed by atoms with Crippen LogP contribution in [-0.2, 0) is 4.74 Å². The molecule has 0 spiro atoms. The first-order valence-corrected chi connectivity index (χ1v) is 5.90. The second-order valence-corrected chi connectivity index (χ2v) is 4.69. The monoisotopic (exact) mass is 270 g/mol. The van der Waals surface area contributed by atoms with E-state index >= 15 is 0 Å². The maximum Gasteiger partial charge on any atom is 0.0594 e. The van der Waals surface area contributed by atoms with Gasteiger partial charge < -0.3 is 10.5 Å². The fourth-order valence-electron chi connectivity index (χ4n) is 2.52. The molecule has 1 saturated carbocycles. The van der Waals surface area contributed by atoms with Gasteiger partial charge in [0.2, 0.25) is 0 Å². The minimum atomic E-state index is 0. The van der Waals surface area contributed by atoms with Crippen LogP contribution in [-0.4, -0.2) is 43.8 Å². The Hall–Kier alpha value is 0.460. The highest BCUT2D eigenvalue weighted by Crippen LogP contribution is 2.24. The van der Waals surface area contributed by atoms with Crippen LogP contribution in [0, 0.1) is 5.92 Å². The molecule has 0 bridgehead atoms. The summed E-state index contributed by atoms with van der Waals surface area (Å²) in [6, 6.07) is 0.482. The number of nitrogens with two attached hydrogens (primary N) is 1. The second kappa shape index (κ2) is 8.54. The minimum Gasteiger partial charge on any atom is -0.379 e. The molecule has 0 aromatic rings. The quantitative estimate of drug-likeness (QED) is 0.830. The Morgan fingerprint density at radius 2 is 1.56 bits per heavy atom. The molecule has 5 heteroatoms. The maximum atomic E-state index is 5.90. The highest BCUT2D eigenvalue weighted by molar-refractivity contribution is 5.85. The molecule has 98 valence electrons. The van der Waals surface area contributed by atoms with Crippen LogP contribution in [0.25, 0.3) is 0 Å². The maximum absolute atomic E-state index is 5.90. The first kappa shape index (κ1) is 16.5. The van der Waals surface area contributed by atoms with Gasteiger partial charge in [-0.25, -0.2) is 0 Å². The van der Waals surface area contributed by atoms with Gasteiger partial charge in [0.05, 0.1) is 13.2 Å². The lowest BCUT2D eigenvalue weighted by atomic mass is 9.86. The molecular formula is C11H24Cl2N2O. The van der Waals surface area contributed by atoms with E-state index in [0.717, 1.165) is 32.2 Å². The summed E-state index contributed by atoms with van der Waals surface area (Å²) in [5.41, 5.74) is 5.90. The molecule has 0 amide bonds. The predicted octanol–water partition coefficient (Wildman–Crippen LogP) is 1.68. The summed E-state index contributed by atoms with van der Waals surface area (Å²) in [6.45, 7) is 5.37. The van der Waals surface area contributed by atoms with E-state index < -0.39 is 0 Å². The average Bonchev–Trinajstić information content (AvgIpc) is 2.23. The Kier molecular flexibility index (Phi) is 8.78. The molecule has 2 rings (SSSR count). The molecule has 0 aromatic carbocycles. The highest BCUT2D eigenvalue weighted by atomic mass is 35.5. The zero-order valence-electron chi connectivity index (χ0n) is 9.77. The molecule has 0 unspecified atom stereocenters. The molecule has 2 fully saturated rings. The van der Waals surface area contributed by atoms with Crippen LogP contribution in [0.15, 0.2) is 0 Å². The van der Waals surface area contributed by atoms with Crippen molar-refractivity contribution < 1.29 is 4.74 Å². The molecule has 1 aliphatic carbocycles. The van der Waals surface area contributed by atoms with Gasteiger partial charge in [0.1, 0.15) is 0 Å². The highest BCUT2D eigenvalue weighted by Gasteiger charge is 2.21. The van der Waals surface area contributed by atoms with Crippen molar-refractivity contribution in [2.75, 3.05) is 32.8 Å². The minimum absolute atomic E-state index is 0. The van der Waals surface area contributed by atoms with E-state index in [1.807, 2.05) is 0 Å². The number of hydrogen-bond acceptors (Lipinski definition) is 3. The molecule has 0 atom stereocenters. The average molecular weight is 271 g/mol. The van der Waals surface area contributed by atoms with E-state index in [1.54, 1.807) is 0 Å². The van der Waals surface area contributed by atoms with E-state index in [0.29, 0.717) is 6.04 Å². The first-order valence-electron chi connectivity index (χ1n) is 5.90. The fraction of sp³-hybridized carbons (Fsp3) is 1.00. The van der Waals surface area contributed by atoms with Crippen molar-refractivity contribution >= 4 is 24.8 Å². The number of halogens is 2. The van der Waals surface area contributed by atoms with Gasteiger partial charge in [0.15, 0.2) is 0 Å². The van der Waals surface area contributed by atoms with Crippen molar-refractivity contribution in [1.29, 1.82) is 0 Å². The molecule has 2 N–H and O–H groups in total. The zero-order valence-corrected chi connectivity index (χ0v) is 11.4. The smallest absolute Gasteiger partial charge is 0.0594 e. The summed E-state index contributed by atoms with van der Waals surface area (Å²) in [4.78, 5) is 2.55. The molecule has 0 aromatic heterocycles. The molecule has 2 aliphatic rings. The van der Waals surface area contributed by atoms with E-state index in [4.69, 9.17) is 10.5 Å². The van der Waals surface area contributed by atoms with E-state index in [9.17, 15) is 0 Å². The number of nitrogens with zero attached hydrogens (tertiary/aromatic N) is 1. The Bertz CT molecular complexity index is 169. The SMILES string of the molecule is Cl.Cl.NC1CCC(CN2CCOCC2)CC1.